The van der Waals surface area contributed by atoms with Crippen molar-refractivity contribution in [3.8, 4) is 0 Å². The molecule has 2 aromatic rings. The van der Waals surface area contributed by atoms with E-state index in [1.54, 1.807) is 0 Å². The van der Waals surface area contributed by atoms with Gasteiger partial charge in [0.1, 0.15) is 0 Å². The first-order chi connectivity index (χ1) is 9.40. The average molecular weight is 253 g/mol. The van der Waals surface area contributed by atoms with Crippen molar-refractivity contribution in [3.63, 3.8) is 0 Å². The Balaban J connectivity index is 1.98. The van der Waals surface area contributed by atoms with Gasteiger partial charge >= 0.3 is 0 Å². The highest BCUT2D eigenvalue weighted by atomic mass is 14.8. The number of benzene rings is 2. The smallest absolute Gasteiger partial charge is 0.00201 e. The van der Waals surface area contributed by atoms with E-state index in [-0.39, 0.29) is 0 Å². The largest absolute Gasteiger partial charge is 0.316 e. The van der Waals surface area contributed by atoms with Gasteiger partial charge in [0.05, 0.1) is 0 Å². The van der Waals surface area contributed by atoms with E-state index in [9.17, 15) is 0 Å². The van der Waals surface area contributed by atoms with Crippen molar-refractivity contribution in [1.82, 2.24) is 5.32 Å². The maximum absolute atomic E-state index is 3.48. The quantitative estimate of drug-likeness (QED) is 0.786. The van der Waals surface area contributed by atoms with Crippen molar-refractivity contribution in [2.75, 3.05) is 13.1 Å². The number of rotatable bonds is 7. The molecule has 0 aliphatic carbocycles. The molecule has 1 heteroatoms. The monoisotopic (exact) mass is 253 g/mol. The molecule has 0 saturated heterocycles. The van der Waals surface area contributed by atoms with Crippen LogP contribution in [0.25, 0.3) is 0 Å². The van der Waals surface area contributed by atoms with Crippen molar-refractivity contribution in [1.29, 1.82) is 0 Å². The third kappa shape index (κ3) is 4.53. The maximum Gasteiger partial charge on any atom is 0.00201 e. The van der Waals surface area contributed by atoms with Crippen molar-refractivity contribution < 1.29 is 0 Å². The molecular formula is C18H23N. The molecule has 0 heterocycles. The van der Waals surface area contributed by atoms with Crippen LogP contribution in [0.4, 0.5) is 0 Å². The lowest BCUT2D eigenvalue weighted by atomic mass is 9.92. The van der Waals surface area contributed by atoms with Gasteiger partial charge in [-0.05, 0) is 36.4 Å². The third-order valence-corrected chi connectivity index (χ3v) is 3.54. The van der Waals surface area contributed by atoms with Crippen LogP contribution in [0.15, 0.2) is 60.7 Å². The van der Waals surface area contributed by atoms with Gasteiger partial charge in [0.15, 0.2) is 0 Å². The molecule has 0 fully saturated rings. The zero-order chi connectivity index (χ0) is 13.3. The van der Waals surface area contributed by atoms with E-state index in [0.29, 0.717) is 5.92 Å². The van der Waals surface area contributed by atoms with E-state index in [1.165, 1.54) is 17.5 Å². The van der Waals surface area contributed by atoms with Gasteiger partial charge in [-0.1, -0.05) is 67.6 Å². The lowest BCUT2D eigenvalue weighted by Gasteiger charge is -2.18. The van der Waals surface area contributed by atoms with Crippen LogP contribution in [0, 0.1) is 0 Å². The summed E-state index contributed by atoms with van der Waals surface area (Å²) in [4.78, 5) is 0. The molecule has 19 heavy (non-hydrogen) atoms. The lowest BCUT2D eigenvalue weighted by Crippen LogP contribution is -2.21. The fourth-order valence-corrected chi connectivity index (χ4v) is 2.42. The number of nitrogens with one attached hydrogen (secondary N) is 1. The first kappa shape index (κ1) is 13.8. The molecule has 1 atom stereocenters. The van der Waals surface area contributed by atoms with E-state index >= 15 is 0 Å². The predicted molar refractivity (Wildman–Crippen MR) is 82.5 cm³/mol. The summed E-state index contributed by atoms with van der Waals surface area (Å²) in [5, 5.41) is 3.48. The first-order valence-electron chi connectivity index (χ1n) is 7.19. The van der Waals surface area contributed by atoms with Crippen LogP contribution in [-0.2, 0) is 6.42 Å². The van der Waals surface area contributed by atoms with Gasteiger partial charge in [0, 0.05) is 6.54 Å². The van der Waals surface area contributed by atoms with Gasteiger partial charge in [-0.2, -0.15) is 0 Å². The normalized spacial score (nSPS) is 12.3. The Kier molecular flexibility index (Phi) is 5.64. The van der Waals surface area contributed by atoms with Crippen LogP contribution in [0.1, 0.15) is 30.4 Å². The third-order valence-electron chi connectivity index (χ3n) is 3.54. The summed E-state index contributed by atoms with van der Waals surface area (Å²) in [7, 11) is 0. The second-order valence-electron chi connectivity index (χ2n) is 4.94. The van der Waals surface area contributed by atoms with E-state index in [0.717, 1.165) is 19.5 Å². The molecule has 0 radical (unpaired) electrons. The molecule has 0 aromatic heterocycles. The fraction of sp³-hybridized carbons (Fsp3) is 0.333. The Labute approximate surface area is 116 Å². The van der Waals surface area contributed by atoms with Crippen LogP contribution in [0.3, 0.4) is 0 Å². The number of hydrogen-bond donors (Lipinski definition) is 1. The summed E-state index contributed by atoms with van der Waals surface area (Å²) in [5.41, 5.74) is 2.87. The van der Waals surface area contributed by atoms with Crippen LogP contribution >= 0.6 is 0 Å². The topological polar surface area (TPSA) is 12.0 Å². The summed E-state index contributed by atoms with van der Waals surface area (Å²) in [6.07, 6.45) is 2.34. The molecule has 1 nitrogen and oxygen atoms in total. The van der Waals surface area contributed by atoms with E-state index in [1.807, 2.05) is 0 Å². The van der Waals surface area contributed by atoms with Crippen LogP contribution in [0.5, 0.6) is 0 Å². The Morgan fingerprint density at radius 3 is 2.16 bits per heavy atom. The fourth-order valence-electron chi connectivity index (χ4n) is 2.42. The second kappa shape index (κ2) is 7.75. The van der Waals surface area contributed by atoms with Gasteiger partial charge in [0.2, 0.25) is 0 Å². The standard InChI is InChI=1S/C18H23N/c1-2-19-15-18(17-11-7-4-8-12-17)14-13-16-9-5-3-6-10-16/h3-12,18-19H,2,13-15H2,1H3. The minimum absolute atomic E-state index is 0.598. The van der Waals surface area contributed by atoms with Crippen molar-refractivity contribution in [3.05, 3.63) is 71.8 Å². The molecule has 0 bridgehead atoms. The Hall–Kier alpha value is -1.60. The van der Waals surface area contributed by atoms with Gasteiger partial charge in [-0.15, -0.1) is 0 Å². The van der Waals surface area contributed by atoms with Crippen molar-refractivity contribution in [2.24, 2.45) is 0 Å². The SMILES string of the molecule is CCNCC(CCc1ccccc1)c1ccccc1. The zero-order valence-corrected chi connectivity index (χ0v) is 11.7. The Morgan fingerprint density at radius 2 is 1.53 bits per heavy atom. The molecule has 100 valence electrons. The number of likely N-dealkylation sites (N-methyl/N-ethyl adjacent to an activating group) is 1. The van der Waals surface area contributed by atoms with Gasteiger partial charge < -0.3 is 5.32 Å². The molecule has 0 spiro atoms. The van der Waals surface area contributed by atoms with Gasteiger partial charge in [-0.3, -0.25) is 0 Å². The summed E-state index contributed by atoms with van der Waals surface area (Å²) in [6, 6.07) is 21.6. The van der Waals surface area contributed by atoms with Gasteiger partial charge in [0.25, 0.3) is 0 Å². The first-order valence-corrected chi connectivity index (χ1v) is 7.19. The highest BCUT2D eigenvalue weighted by molar-refractivity contribution is 5.21. The molecule has 1 unspecified atom stereocenters. The Morgan fingerprint density at radius 1 is 0.895 bits per heavy atom. The maximum atomic E-state index is 3.48. The molecular weight excluding hydrogens is 230 g/mol. The molecule has 2 aromatic carbocycles. The molecule has 0 saturated carbocycles. The van der Waals surface area contributed by atoms with Gasteiger partial charge in [-0.25, -0.2) is 0 Å². The molecule has 1 N–H and O–H groups in total. The lowest BCUT2D eigenvalue weighted by molar-refractivity contribution is 0.562. The minimum atomic E-state index is 0.598. The average Bonchev–Trinajstić information content (AvgIpc) is 2.49. The van der Waals surface area contributed by atoms with E-state index in [4.69, 9.17) is 0 Å². The van der Waals surface area contributed by atoms with E-state index in [2.05, 4.69) is 72.9 Å². The number of aryl methyl sites for hydroxylation is 1. The summed E-state index contributed by atoms with van der Waals surface area (Å²) in [6.45, 7) is 4.27. The molecule has 0 aliphatic rings. The molecule has 2 rings (SSSR count). The summed E-state index contributed by atoms with van der Waals surface area (Å²) in [5.74, 6) is 0.598. The molecule has 0 amide bonds. The van der Waals surface area contributed by atoms with Crippen LogP contribution in [0.2, 0.25) is 0 Å². The van der Waals surface area contributed by atoms with E-state index < -0.39 is 0 Å². The summed E-state index contributed by atoms with van der Waals surface area (Å²) >= 11 is 0. The second-order valence-corrected chi connectivity index (χ2v) is 4.94. The summed E-state index contributed by atoms with van der Waals surface area (Å²) < 4.78 is 0. The highest BCUT2D eigenvalue weighted by Gasteiger charge is 2.10. The van der Waals surface area contributed by atoms with Crippen LogP contribution in [-0.4, -0.2) is 13.1 Å². The molecule has 0 aliphatic heterocycles. The van der Waals surface area contributed by atoms with Crippen molar-refractivity contribution >= 4 is 0 Å². The number of hydrogen-bond acceptors (Lipinski definition) is 1. The predicted octanol–water partition coefficient (Wildman–Crippen LogP) is 4.01. The highest BCUT2D eigenvalue weighted by Crippen LogP contribution is 2.21. The van der Waals surface area contributed by atoms with Crippen LogP contribution < -0.4 is 5.32 Å². The minimum Gasteiger partial charge on any atom is -0.316 e. The zero-order valence-electron chi connectivity index (χ0n) is 11.7. The van der Waals surface area contributed by atoms with Crippen molar-refractivity contribution in [2.45, 2.75) is 25.7 Å². The Bertz CT molecular complexity index is 450.